The van der Waals surface area contributed by atoms with Crippen molar-refractivity contribution in [2.24, 2.45) is 5.92 Å². The van der Waals surface area contributed by atoms with Gasteiger partial charge in [-0.15, -0.1) is 11.3 Å². The third kappa shape index (κ3) is 4.47. The zero-order chi connectivity index (χ0) is 17.9. The van der Waals surface area contributed by atoms with Gasteiger partial charge in [-0.2, -0.15) is 0 Å². The van der Waals surface area contributed by atoms with E-state index >= 15 is 0 Å². The number of thiophene rings is 1. The smallest absolute Gasteiger partial charge is 0.243 e. The first-order valence-electron chi connectivity index (χ1n) is 8.49. The highest BCUT2D eigenvalue weighted by molar-refractivity contribution is 7.89. The topological polar surface area (TPSA) is 49.4 Å². The van der Waals surface area contributed by atoms with Crippen LogP contribution in [0.1, 0.15) is 30.7 Å². The number of nitrogens with one attached hydrogen (secondary N) is 1. The second-order valence-corrected chi connectivity index (χ2v) is 9.25. The Kier molecular flexibility index (Phi) is 5.89. The van der Waals surface area contributed by atoms with Crippen molar-refractivity contribution < 1.29 is 12.8 Å². The fraction of sp³-hybridized carbons (Fsp3) is 0.444. The molecule has 2 heterocycles. The number of hydrogen-bond acceptors (Lipinski definition) is 4. The van der Waals surface area contributed by atoms with Gasteiger partial charge in [0.2, 0.25) is 10.0 Å². The first-order valence-corrected chi connectivity index (χ1v) is 10.9. The summed E-state index contributed by atoms with van der Waals surface area (Å²) in [5.74, 6) is -0.0233. The average Bonchev–Trinajstić information content (AvgIpc) is 3.11. The van der Waals surface area contributed by atoms with Crippen LogP contribution in [0.3, 0.4) is 0 Å². The molecule has 1 saturated heterocycles. The molecule has 1 fully saturated rings. The van der Waals surface area contributed by atoms with Crippen LogP contribution in [-0.2, 0) is 10.0 Å². The highest BCUT2D eigenvalue weighted by Gasteiger charge is 2.27. The van der Waals surface area contributed by atoms with Gasteiger partial charge in [-0.05, 0) is 55.4 Å². The largest absolute Gasteiger partial charge is 0.294 e. The van der Waals surface area contributed by atoms with Crippen molar-refractivity contribution in [3.8, 4) is 0 Å². The van der Waals surface area contributed by atoms with Crippen LogP contribution in [-0.4, -0.2) is 33.0 Å². The van der Waals surface area contributed by atoms with E-state index in [9.17, 15) is 12.8 Å². The molecule has 1 aromatic carbocycles. The van der Waals surface area contributed by atoms with Gasteiger partial charge >= 0.3 is 0 Å². The molecule has 0 radical (unpaired) electrons. The van der Waals surface area contributed by atoms with Gasteiger partial charge in [0.25, 0.3) is 0 Å². The van der Waals surface area contributed by atoms with Crippen molar-refractivity contribution in [2.75, 3.05) is 19.6 Å². The number of nitrogens with zero attached hydrogens (tertiary/aromatic N) is 1. The highest BCUT2D eigenvalue weighted by Crippen LogP contribution is 2.29. The molecular weight excluding hydrogens is 359 g/mol. The van der Waals surface area contributed by atoms with Crippen molar-refractivity contribution in [1.29, 1.82) is 0 Å². The lowest BCUT2D eigenvalue weighted by atomic mass is 9.97. The molecular formula is C18H23FN2O2S2. The number of rotatable bonds is 6. The first-order chi connectivity index (χ1) is 12.0. The fourth-order valence-electron chi connectivity index (χ4n) is 3.16. The van der Waals surface area contributed by atoms with Crippen molar-refractivity contribution >= 4 is 21.4 Å². The number of hydrogen-bond donors (Lipinski definition) is 1. The normalized spacial score (nSPS) is 18.3. The molecule has 0 spiro atoms. The first kappa shape index (κ1) is 18.5. The van der Waals surface area contributed by atoms with Crippen LogP contribution in [0.25, 0.3) is 0 Å². The third-order valence-corrected chi connectivity index (χ3v) is 7.15. The van der Waals surface area contributed by atoms with Gasteiger partial charge in [-0.25, -0.2) is 17.5 Å². The van der Waals surface area contributed by atoms with E-state index in [0.29, 0.717) is 5.92 Å². The lowest BCUT2D eigenvalue weighted by molar-refractivity contribution is 0.141. The van der Waals surface area contributed by atoms with Crippen LogP contribution >= 0.6 is 11.3 Å². The molecule has 4 nitrogen and oxygen atoms in total. The standard InChI is InChI=1S/C18H23FN2O2S2/c1-14-8-10-21(11-9-14)16(17-6-4-12-24-17)13-20-25(22,23)18-7-3-2-5-15(18)19/h2-7,12,14,16,20H,8-11,13H2,1H3/t16-/m0/s1. The minimum absolute atomic E-state index is 0.0194. The Morgan fingerprint density at radius 3 is 2.60 bits per heavy atom. The molecule has 3 rings (SSSR count). The van der Waals surface area contributed by atoms with Crippen LogP contribution in [0.15, 0.2) is 46.7 Å². The van der Waals surface area contributed by atoms with Crippen molar-refractivity contribution in [3.63, 3.8) is 0 Å². The molecule has 0 aliphatic carbocycles. The molecule has 25 heavy (non-hydrogen) atoms. The summed E-state index contributed by atoms with van der Waals surface area (Å²) < 4.78 is 41.5. The second kappa shape index (κ2) is 7.95. The van der Waals surface area contributed by atoms with Gasteiger partial charge in [-0.1, -0.05) is 25.1 Å². The van der Waals surface area contributed by atoms with Gasteiger partial charge in [0.05, 0.1) is 6.04 Å². The van der Waals surface area contributed by atoms with Crippen LogP contribution < -0.4 is 4.72 Å². The number of piperidine rings is 1. The molecule has 136 valence electrons. The van der Waals surface area contributed by atoms with Gasteiger partial charge in [0, 0.05) is 11.4 Å². The Bertz CT molecular complexity index is 785. The molecule has 1 atom stereocenters. The van der Waals surface area contributed by atoms with Gasteiger partial charge < -0.3 is 0 Å². The molecule has 1 N–H and O–H groups in total. The van der Waals surface area contributed by atoms with Gasteiger partial charge in [0.1, 0.15) is 10.7 Å². The quantitative estimate of drug-likeness (QED) is 0.830. The van der Waals surface area contributed by atoms with Crippen LogP contribution in [0.2, 0.25) is 0 Å². The maximum absolute atomic E-state index is 13.9. The number of halogens is 1. The zero-order valence-electron chi connectivity index (χ0n) is 14.2. The fourth-order valence-corrected chi connectivity index (χ4v) is 5.14. The van der Waals surface area contributed by atoms with Gasteiger partial charge in [-0.3, -0.25) is 4.90 Å². The van der Waals surface area contributed by atoms with E-state index in [4.69, 9.17) is 0 Å². The molecule has 0 bridgehead atoms. The Morgan fingerprint density at radius 1 is 1.24 bits per heavy atom. The predicted molar refractivity (Wildman–Crippen MR) is 98.6 cm³/mol. The van der Waals surface area contributed by atoms with E-state index in [-0.39, 0.29) is 17.5 Å². The summed E-state index contributed by atoms with van der Waals surface area (Å²) in [6, 6.07) is 9.46. The van der Waals surface area contributed by atoms with E-state index in [2.05, 4.69) is 16.5 Å². The molecule has 7 heteroatoms. The Hall–Kier alpha value is -1.28. The summed E-state index contributed by atoms with van der Waals surface area (Å²) in [4.78, 5) is 3.16. The second-order valence-electron chi connectivity index (χ2n) is 6.53. The SMILES string of the molecule is CC1CCN([C@@H](CNS(=O)(=O)c2ccccc2F)c2cccs2)CC1. The van der Waals surface area contributed by atoms with Crippen LogP contribution in [0.4, 0.5) is 4.39 Å². The van der Waals surface area contributed by atoms with Crippen LogP contribution in [0.5, 0.6) is 0 Å². The molecule has 0 saturated carbocycles. The highest BCUT2D eigenvalue weighted by atomic mass is 32.2. The molecule has 0 amide bonds. The Labute approximate surface area is 152 Å². The maximum Gasteiger partial charge on any atom is 0.243 e. The molecule has 1 aliphatic rings. The number of benzene rings is 1. The van der Waals surface area contributed by atoms with Crippen molar-refractivity contribution in [3.05, 3.63) is 52.5 Å². The van der Waals surface area contributed by atoms with Crippen LogP contribution in [0, 0.1) is 11.7 Å². The zero-order valence-corrected chi connectivity index (χ0v) is 15.8. The summed E-state index contributed by atoms with van der Waals surface area (Å²) in [7, 11) is -3.87. The van der Waals surface area contributed by atoms with E-state index in [1.807, 2.05) is 17.5 Å². The van der Waals surface area contributed by atoms with Crippen molar-refractivity contribution in [2.45, 2.75) is 30.7 Å². The lowest BCUT2D eigenvalue weighted by Crippen LogP contribution is -2.41. The van der Waals surface area contributed by atoms with E-state index in [1.54, 1.807) is 11.3 Å². The van der Waals surface area contributed by atoms with E-state index < -0.39 is 15.8 Å². The molecule has 2 aromatic rings. The summed E-state index contributed by atoms with van der Waals surface area (Å²) in [5.41, 5.74) is 0. The summed E-state index contributed by atoms with van der Waals surface area (Å²) in [5, 5.41) is 2.00. The predicted octanol–water partition coefficient (Wildman–Crippen LogP) is 3.64. The molecule has 0 unspecified atom stereocenters. The summed E-state index contributed by atoms with van der Waals surface area (Å²) in [6.45, 7) is 4.39. The van der Waals surface area contributed by atoms with E-state index in [0.717, 1.165) is 36.9 Å². The lowest BCUT2D eigenvalue weighted by Gasteiger charge is -2.36. The minimum atomic E-state index is -3.87. The molecule has 1 aliphatic heterocycles. The van der Waals surface area contributed by atoms with Crippen molar-refractivity contribution in [1.82, 2.24) is 9.62 Å². The summed E-state index contributed by atoms with van der Waals surface area (Å²) >= 11 is 1.62. The monoisotopic (exact) mass is 382 g/mol. The Morgan fingerprint density at radius 2 is 1.96 bits per heavy atom. The Balaban J connectivity index is 1.76. The number of sulfonamides is 1. The van der Waals surface area contributed by atoms with Gasteiger partial charge in [0.15, 0.2) is 0 Å². The average molecular weight is 383 g/mol. The third-order valence-electron chi connectivity index (χ3n) is 4.72. The maximum atomic E-state index is 13.9. The minimum Gasteiger partial charge on any atom is -0.294 e. The summed E-state index contributed by atoms with van der Waals surface area (Å²) in [6.07, 6.45) is 2.23. The van der Waals surface area contributed by atoms with E-state index in [1.165, 1.54) is 18.2 Å². The molecule has 1 aromatic heterocycles. The number of likely N-dealkylation sites (tertiary alicyclic amines) is 1.